The average Bonchev–Trinajstić information content (AvgIpc) is 2.35. The summed E-state index contributed by atoms with van der Waals surface area (Å²) in [6.07, 6.45) is 1.71. The van der Waals surface area contributed by atoms with Crippen molar-refractivity contribution in [3.63, 3.8) is 0 Å². The van der Waals surface area contributed by atoms with Gasteiger partial charge in [-0.1, -0.05) is 32.0 Å². The Morgan fingerprint density at radius 3 is 2.61 bits per heavy atom. The van der Waals surface area contributed by atoms with Crippen molar-refractivity contribution in [1.82, 2.24) is 0 Å². The maximum Gasteiger partial charge on any atom is 0.122 e. The molecule has 0 aromatic heterocycles. The van der Waals surface area contributed by atoms with E-state index in [1.54, 1.807) is 7.11 Å². The lowest BCUT2D eigenvalue weighted by molar-refractivity contribution is 0.104. The lowest BCUT2D eigenvalue weighted by Crippen LogP contribution is -2.25. The topological polar surface area (TPSA) is 44.5 Å². The molecule has 1 rings (SSSR count). The van der Waals surface area contributed by atoms with Gasteiger partial charge >= 0.3 is 0 Å². The Morgan fingerprint density at radius 2 is 1.94 bits per heavy atom. The van der Waals surface area contributed by atoms with Crippen LogP contribution in [-0.4, -0.2) is 26.4 Å². The van der Waals surface area contributed by atoms with Crippen molar-refractivity contribution in [3.05, 3.63) is 29.8 Å². The van der Waals surface area contributed by atoms with Crippen LogP contribution in [0.15, 0.2) is 24.3 Å². The standard InChI is InChI=1S/C15H25NO2/c1-12(2)11-18-9-8-14(16)10-13-6-4-5-7-15(13)17-3/h4-7,12,14H,8-11,16H2,1-3H3. The van der Waals surface area contributed by atoms with Gasteiger partial charge in [0.1, 0.15) is 5.75 Å². The first-order valence-corrected chi connectivity index (χ1v) is 6.58. The zero-order chi connectivity index (χ0) is 13.4. The molecular weight excluding hydrogens is 226 g/mol. The van der Waals surface area contributed by atoms with Gasteiger partial charge in [-0.25, -0.2) is 0 Å². The van der Waals surface area contributed by atoms with Gasteiger partial charge in [0.2, 0.25) is 0 Å². The molecule has 18 heavy (non-hydrogen) atoms. The van der Waals surface area contributed by atoms with Gasteiger partial charge in [-0.2, -0.15) is 0 Å². The second-order valence-corrected chi connectivity index (χ2v) is 5.03. The number of nitrogens with two attached hydrogens (primary N) is 1. The Kier molecular flexibility index (Phi) is 6.76. The minimum Gasteiger partial charge on any atom is -0.496 e. The van der Waals surface area contributed by atoms with E-state index in [2.05, 4.69) is 19.9 Å². The van der Waals surface area contributed by atoms with Crippen LogP contribution in [0.25, 0.3) is 0 Å². The van der Waals surface area contributed by atoms with E-state index >= 15 is 0 Å². The molecule has 102 valence electrons. The van der Waals surface area contributed by atoms with E-state index in [0.717, 1.165) is 37.4 Å². The number of methoxy groups -OCH3 is 1. The van der Waals surface area contributed by atoms with Crippen LogP contribution in [0.4, 0.5) is 0 Å². The fourth-order valence-electron chi connectivity index (χ4n) is 1.81. The van der Waals surface area contributed by atoms with Gasteiger partial charge < -0.3 is 15.2 Å². The third kappa shape index (κ3) is 5.52. The first-order chi connectivity index (χ1) is 8.63. The molecule has 0 bridgehead atoms. The number of benzene rings is 1. The molecule has 0 aliphatic carbocycles. The van der Waals surface area contributed by atoms with Crippen molar-refractivity contribution in [3.8, 4) is 5.75 Å². The summed E-state index contributed by atoms with van der Waals surface area (Å²) in [5.74, 6) is 1.49. The Labute approximate surface area is 110 Å². The predicted octanol–water partition coefficient (Wildman–Crippen LogP) is 2.63. The van der Waals surface area contributed by atoms with Crippen molar-refractivity contribution in [2.75, 3.05) is 20.3 Å². The maximum atomic E-state index is 6.11. The van der Waals surface area contributed by atoms with E-state index in [4.69, 9.17) is 15.2 Å². The molecule has 0 aliphatic heterocycles. The van der Waals surface area contributed by atoms with Crippen molar-refractivity contribution in [1.29, 1.82) is 0 Å². The third-order valence-corrected chi connectivity index (χ3v) is 2.76. The summed E-state index contributed by atoms with van der Waals surface area (Å²) in [6, 6.07) is 8.14. The van der Waals surface area contributed by atoms with Gasteiger partial charge in [-0.05, 0) is 30.4 Å². The lowest BCUT2D eigenvalue weighted by Gasteiger charge is -2.14. The van der Waals surface area contributed by atoms with Crippen LogP contribution in [0.3, 0.4) is 0 Å². The number of ether oxygens (including phenoxy) is 2. The smallest absolute Gasteiger partial charge is 0.122 e. The van der Waals surface area contributed by atoms with Crippen molar-refractivity contribution >= 4 is 0 Å². The highest BCUT2D eigenvalue weighted by atomic mass is 16.5. The van der Waals surface area contributed by atoms with Crippen LogP contribution >= 0.6 is 0 Å². The van der Waals surface area contributed by atoms with Gasteiger partial charge in [-0.3, -0.25) is 0 Å². The third-order valence-electron chi connectivity index (χ3n) is 2.76. The number of rotatable bonds is 8. The predicted molar refractivity (Wildman–Crippen MR) is 74.9 cm³/mol. The summed E-state index contributed by atoms with van der Waals surface area (Å²) in [7, 11) is 1.69. The largest absolute Gasteiger partial charge is 0.496 e. The van der Waals surface area contributed by atoms with Gasteiger partial charge in [-0.15, -0.1) is 0 Å². The fraction of sp³-hybridized carbons (Fsp3) is 0.600. The number of hydrogen-bond donors (Lipinski definition) is 1. The van der Waals surface area contributed by atoms with E-state index in [-0.39, 0.29) is 6.04 Å². The van der Waals surface area contributed by atoms with Crippen molar-refractivity contribution in [2.24, 2.45) is 11.7 Å². The van der Waals surface area contributed by atoms with Gasteiger partial charge in [0.05, 0.1) is 7.11 Å². The van der Waals surface area contributed by atoms with Crippen LogP contribution in [-0.2, 0) is 11.2 Å². The summed E-state index contributed by atoms with van der Waals surface area (Å²) < 4.78 is 10.9. The molecule has 0 amide bonds. The van der Waals surface area contributed by atoms with Crippen LogP contribution < -0.4 is 10.5 Å². The second-order valence-electron chi connectivity index (χ2n) is 5.03. The molecule has 3 heteroatoms. The van der Waals surface area contributed by atoms with Gasteiger partial charge in [0.25, 0.3) is 0 Å². The van der Waals surface area contributed by atoms with Crippen LogP contribution in [0, 0.1) is 5.92 Å². The summed E-state index contributed by atoms with van der Waals surface area (Å²) >= 11 is 0. The summed E-state index contributed by atoms with van der Waals surface area (Å²) in [5.41, 5.74) is 7.27. The van der Waals surface area contributed by atoms with E-state index in [1.165, 1.54) is 0 Å². The highest BCUT2D eigenvalue weighted by Gasteiger charge is 2.08. The fourth-order valence-corrected chi connectivity index (χ4v) is 1.81. The first kappa shape index (κ1) is 15.0. The Morgan fingerprint density at radius 1 is 1.22 bits per heavy atom. The molecule has 0 saturated carbocycles. The molecule has 0 spiro atoms. The summed E-state index contributed by atoms with van der Waals surface area (Å²) in [5, 5.41) is 0. The van der Waals surface area contributed by atoms with E-state index in [9.17, 15) is 0 Å². The normalized spacial score (nSPS) is 12.7. The Hall–Kier alpha value is -1.06. The zero-order valence-corrected chi connectivity index (χ0v) is 11.7. The number of hydrogen-bond acceptors (Lipinski definition) is 3. The Bertz CT molecular complexity index is 339. The SMILES string of the molecule is COc1ccccc1CC(N)CCOCC(C)C. The number of para-hydroxylation sites is 1. The van der Waals surface area contributed by atoms with Crippen molar-refractivity contribution in [2.45, 2.75) is 32.7 Å². The molecular formula is C15H25NO2. The van der Waals surface area contributed by atoms with Crippen LogP contribution in [0.2, 0.25) is 0 Å². The van der Waals surface area contributed by atoms with Crippen LogP contribution in [0.5, 0.6) is 5.75 Å². The summed E-state index contributed by atoms with van der Waals surface area (Å²) in [6.45, 7) is 5.83. The Balaban J connectivity index is 2.33. The highest BCUT2D eigenvalue weighted by Crippen LogP contribution is 2.19. The quantitative estimate of drug-likeness (QED) is 0.722. The lowest BCUT2D eigenvalue weighted by atomic mass is 10.0. The molecule has 0 heterocycles. The van der Waals surface area contributed by atoms with Crippen LogP contribution in [0.1, 0.15) is 25.8 Å². The monoisotopic (exact) mass is 251 g/mol. The molecule has 0 saturated heterocycles. The molecule has 1 atom stereocenters. The van der Waals surface area contributed by atoms with E-state index < -0.39 is 0 Å². The maximum absolute atomic E-state index is 6.11. The van der Waals surface area contributed by atoms with Crippen molar-refractivity contribution < 1.29 is 9.47 Å². The highest BCUT2D eigenvalue weighted by molar-refractivity contribution is 5.33. The van der Waals surface area contributed by atoms with E-state index in [0.29, 0.717) is 5.92 Å². The molecule has 0 fully saturated rings. The minimum absolute atomic E-state index is 0.119. The minimum atomic E-state index is 0.119. The molecule has 1 unspecified atom stereocenters. The summed E-state index contributed by atoms with van der Waals surface area (Å²) in [4.78, 5) is 0. The first-order valence-electron chi connectivity index (χ1n) is 6.58. The van der Waals surface area contributed by atoms with Gasteiger partial charge in [0.15, 0.2) is 0 Å². The second kappa shape index (κ2) is 8.11. The molecule has 2 N–H and O–H groups in total. The molecule has 0 radical (unpaired) electrons. The van der Waals surface area contributed by atoms with Gasteiger partial charge in [0, 0.05) is 19.3 Å². The molecule has 1 aromatic carbocycles. The zero-order valence-electron chi connectivity index (χ0n) is 11.7. The average molecular weight is 251 g/mol. The molecule has 3 nitrogen and oxygen atoms in total. The molecule has 0 aliphatic rings. The molecule has 1 aromatic rings. The van der Waals surface area contributed by atoms with E-state index in [1.807, 2.05) is 18.2 Å².